The highest BCUT2D eigenvalue weighted by atomic mass is 16.5. The van der Waals surface area contributed by atoms with Gasteiger partial charge in [-0.3, -0.25) is 9.36 Å². The number of aromatic nitrogens is 4. The fourth-order valence-corrected chi connectivity index (χ4v) is 2.38. The molecule has 2 heterocycles. The van der Waals surface area contributed by atoms with Crippen LogP contribution >= 0.6 is 0 Å². The summed E-state index contributed by atoms with van der Waals surface area (Å²) in [6.45, 7) is 1.94. The molecule has 0 atom stereocenters. The van der Waals surface area contributed by atoms with Gasteiger partial charge in [-0.25, -0.2) is 14.8 Å². The molecular weight excluding hydrogens is 298 g/mol. The number of ether oxygens (including phenoxy) is 1. The second kappa shape index (κ2) is 5.56. The molecule has 0 spiro atoms. The molecule has 3 N–H and O–H groups in total. The Balaban J connectivity index is 2.11. The first-order chi connectivity index (χ1) is 11.0. The molecule has 2 aromatic heterocycles. The van der Waals surface area contributed by atoms with Gasteiger partial charge in [-0.15, -0.1) is 0 Å². The van der Waals surface area contributed by atoms with Gasteiger partial charge in [-0.2, -0.15) is 0 Å². The minimum atomic E-state index is -0.710. The van der Waals surface area contributed by atoms with Crippen molar-refractivity contribution in [3.8, 4) is 5.75 Å². The highest BCUT2D eigenvalue weighted by Gasteiger charge is 2.17. The van der Waals surface area contributed by atoms with E-state index in [1.54, 1.807) is 14.0 Å². The Labute approximate surface area is 130 Å². The van der Waals surface area contributed by atoms with Crippen LogP contribution in [0.15, 0.2) is 29.1 Å². The van der Waals surface area contributed by atoms with Crippen LogP contribution in [0.5, 0.6) is 5.75 Å². The van der Waals surface area contributed by atoms with Gasteiger partial charge >= 0.3 is 5.69 Å². The summed E-state index contributed by atoms with van der Waals surface area (Å²) in [7, 11) is 1.59. The molecule has 0 fully saturated rings. The molecule has 23 heavy (non-hydrogen) atoms. The maximum Gasteiger partial charge on any atom is 0.328 e. The van der Waals surface area contributed by atoms with Crippen molar-refractivity contribution in [2.45, 2.75) is 13.5 Å². The molecule has 0 aliphatic rings. The number of primary amides is 1. The molecule has 1 aromatic carbocycles. The van der Waals surface area contributed by atoms with Crippen molar-refractivity contribution in [1.29, 1.82) is 0 Å². The van der Waals surface area contributed by atoms with Crippen molar-refractivity contribution >= 4 is 17.1 Å². The summed E-state index contributed by atoms with van der Waals surface area (Å²) >= 11 is 0. The summed E-state index contributed by atoms with van der Waals surface area (Å²) in [5.41, 5.74) is 6.45. The Morgan fingerprint density at radius 2 is 2.00 bits per heavy atom. The Hall–Kier alpha value is -3.16. The first-order valence-electron chi connectivity index (χ1n) is 6.89. The number of nitrogens with one attached hydrogen (secondary N) is 1. The zero-order valence-corrected chi connectivity index (χ0v) is 12.7. The standard InChI is InChI=1S/C15H15N5O3/c1-8-17-11(13(16)21)12-14(18-8)20(15(22)19-12)7-9-3-5-10(23-2)6-4-9/h3-6H,7H2,1-2H3,(H2,16,21)(H,19,22). The second-order valence-corrected chi connectivity index (χ2v) is 5.05. The molecule has 0 saturated carbocycles. The van der Waals surface area contributed by atoms with Gasteiger partial charge in [0.2, 0.25) is 0 Å². The highest BCUT2D eigenvalue weighted by molar-refractivity contribution is 6.01. The van der Waals surface area contributed by atoms with Crippen LogP contribution < -0.4 is 16.2 Å². The third kappa shape index (κ3) is 2.66. The van der Waals surface area contributed by atoms with Crippen molar-refractivity contribution in [3.05, 3.63) is 51.8 Å². The van der Waals surface area contributed by atoms with Crippen molar-refractivity contribution in [3.63, 3.8) is 0 Å². The van der Waals surface area contributed by atoms with Crippen LogP contribution in [0, 0.1) is 6.92 Å². The van der Waals surface area contributed by atoms with E-state index in [0.717, 1.165) is 11.3 Å². The smallest absolute Gasteiger partial charge is 0.328 e. The minimum Gasteiger partial charge on any atom is -0.497 e. The van der Waals surface area contributed by atoms with Gasteiger partial charge < -0.3 is 15.5 Å². The number of rotatable bonds is 4. The monoisotopic (exact) mass is 313 g/mol. The molecule has 3 rings (SSSR count). The molecule has 3 aromatic rings. The normalized spacial score (nSPS) is 10.9. The van der Waals surface area contributed by atoms with E-state index in [4.69, 9.17) is 10.5 Å². The SMILES string of the molecule is COc1ccc(Cn2c(=O)[nH]c3c(C(N)=O)nc(C)nc32)cc1. The fourth-order valence-electron chi connectivity index (χ4n) is 2.38. The number of amides is 1. The molecule has 8 heteroatoms. The summed E-state index contributed by atoms with van der Waals surface area (Å²) < 4.78 is 6.55. The molecule has 0 bridgehead atoms. The number of hydrogen-bond acceptors (Lipinski definition) is 5. The zero-order chi connectivity index (χ0) is 16.6. The van der Waals surface area contributed by atoms with Crippen LogP contribution in [-0.4, -0.2) is 32.5 Å². The number of aryl methyl sites for hydroxylation is 1. The van der Waals surface area contributed by atoms with Gasteiger partial charge in [0.25, 0.3) is 5.91 Å². The second-order valence-electron chi connectivity index (χ2n) is 5.05. The largest absolute Gasteiger partial charge is 0.497 e. The number of benzene rings is 1. The number of fused-ring (bicyclic) bond motifs is 1. The van der Waals surface area contributed by atoms with E-state index < -0.39 is 5.91 Å². The number of methoxy groups -OCH3 is 1. The van der Waals surface area contributed by atoms with E-state index in [1.807, 2.05) is 24.3 Å². The van der Waals surface area contributed by atoms with Crippen molar-refractivity contribution in [2.75, 3.05) is 7.11 Å². The quantitative estimate of drug-likeness (QED) is 0.731. The first-order valence-corrected chi connectivity index (χ1v) is 6.89. The van der Waals surface area contributed by atoms with E-state index >= 15 is 0 Å². The van der Waals surface area contributed by atoms with Gasteiger partial charge in [0.15, 0.2) is 11.3 Å². The number of nitrogens with zero attached hydrogens (tertiary/aromatic N) is 3. The molecule has 8 nitrogen and oxygen atoms in total. The van der Waals surface area contributed by atoms with Crippen molar-refractivity contribution < 1.29 is 9.53 Å². The fraction of sp³-hybridized carbons (Fsp3) is 0.200. The average molecular weight is 313 g/mol. The maximum atomic E-state index is 12.2. The number of imidazole rings is 1. The Morgan fingerprint density at radius 1 is 1.30 bits per heavy atom. The van der Waals surface area contributed by atoms with E-state index in [0.29, 0.717) is 18.0 Å². The lowest BCUT2D eigenvalue weighted by Crippen LogP contribution is -2.17. The molecule has 0 aliphatic carbocycles. The van der Waals surface area contributed by atoms with Crippen LogP contribution in [0.3, 0.4) is 0 Å². The van der Waals surface area contributed by atoms with E-state index in [2.05, 4.69) is 15.0 Å². The summed E-state index contributed by atoms with van der Waals surface area (Å²) in [6.07, 6.45) is 0. The number of hydrogen-bond donors (Lipinski definition) is 2. The summed E-state index contributed by atoms with van der Waals surface area (Å²) in [5.74, 6) is 0.390. The number of carbonyl (C=O) groups is 1. The lowest BCUT2D eigenvalue weighted by Gasteiger charge is -2.06. The summed E-state index contributed by atoms with van der Waals surface area (Å²) in [4.78, 5) is 34.6. The van der Waals surface area contributed by atoms with Crippen LogP contribution in [0.1, 0.15) is 21.9 Å². The molecule has 0 unspecified atom stereocenters. The molecule has 0 saturated heterocycles. The molecular formula is C15H15N5O3. The number of aromatic amines is 1. The predicted octanol–water partition coefficient (Wildman–Crippen LogP) is 0.584. The number of nitrogens with two attached hydrogens (primary N) is 1. The molecule has 0 radical (unpaired) electrons. The van der Waals surface area contributed by atoms with Crippen LogP contribution in [0.25, 0.3) is 11.2 Å². The molecule has 0 aliphatic heterocycles. The van der Waals surface area contributed by atoms with Crippen LogP contribution in [0.2, 0.25) is 0 Å². The summed E-state index contributed by atoms with van der Waals surface area (Å²) in [5, 5.41) is 0. The van der Waals surface area contributed by atoms with Gasteiger partial charge in [-0.05, 0) is 24.6 Å². The maximum absolute atomic E-state index is 12.2. The van der Waals surface area contributed by atoms with Gasteiger partial charge in [0.1, 0.15) is 17.1 Å². The Morgan fingerprint density at radius 3 is 2.61 bits per heavy atom. The lowest BCUT2D eigenvalue weighted by molar-refractivity contribution is 0.0997. The predicted molar refractivity (Wildman–Crippen MR) is 83.5 cm³/mol. The van der Waals surface area contributed by atoms with Gasteiger partial charge in [0.05, 0.1) is 13.7 Å². The first kappa shape index (κ1) is 14.8. The van der Waals surface area contributed by atoms with Gasteiger partial charge in [0, 0.05) is 0 Å². The lowest BCUT2D eigenvalue weighted by atomic mass is 10.2. The number of H-pyrrole nitrogens is 1. The van der Waals surface area contributed by atoms with E-state index in [-0.39, 0.29) is 16.9 Å². The van der Waals surface area contributed by atoms with Crippen LogP contribution in [0.4, 0.5) is 0 Å². The minimum absolute atomic E-state index is 0.0121. The van der Waals surface area contributed by atoms with Crippen LogP contribution in [-0.2, 0) is 6.54 Å². The third-order valence-electron chi connectivity index (χ3n) is 3.47. The highest BCUT2D eigenvalue weighted by Crippen LogP contribution is 2.15. The number of carbonyl (C=O) groups excluding carboxylic acids is 1. The van der Waals surface area contributed by atoms with Crippen molar-refractivity contribution in [2.24, 2.45) is 5.73 Å². The van der Waals surface area contributed by atoms with E-state index in [9.17, 15) is 9.59 Å². The zero-order valence-electron chi connectivity index (χ0n) is 12.7. The Bertz CT molecular complexity index is 940. The van der Waals surface area contributed by atoms with Gasteiger partial charge in [-0.1, -0.05) is 12.1 Å². The topological polar surface area (TPSA) is 116 Å². The van der Waals surface area contributed by atoms with E-state index in [1.165, 1.54) is 4.57 Å². The molecule has 118 valence electrons. The summed E-state index contributed by atoms with van der Waals surface area (Å²) in [6, 6.07) is 7.33. The van der Waals surface area contributed by atoms with Crippen molar-refractivity contribution in [1.82, 2.24) is 19.5 Å². The molecule has 1 amide bonds. The average Bonchev–Trinajstić information content (AvgIpc) is 2.83. The third-order valence-corrected chi connectivity index (χ3v) is 3.47. The Kier molecular flexibility index (Phi) is 3.57.